The van der Waals surface area contributed by atoms with Gasteiger partial charge in [0.05, 0.1) is 0 Å². The van der Waals surface area contributed by atoms with Crippen molar-refractivity contribution >= 4 is 0 Å². The second-order valence-electron chi connectivity index (χ2n) is 5.50. The highest BCUT2D eigenvalue weighted by molar-refractivity contribution is 5.17. The normalized spacial score (nSPS) is 24.5. The molecular formula is C14H21FN2. The molecule has 0 aromatic heterocycles. The lowest BCUT2D eigenvalue weighted by Crippen LogP contribution is -2.34. The molecule has 1 N–H and O–H groups in total. The van der Waals surface area contributed by atoms with Crippen LogP contribution in [0.1, 0.15) is 18.9 Å². The van der Waals surface area contributed by atoms with Crippen LogP contribution in [-0.4, -0.2) is 31.6 Å². The van der Waals surface area contributed by atoms with Crippen molar-refractivity contribution in [3.05, 3.63) is 35.6 Å². The van der Waals surface area contributed by atoms with Gasteiger partial charge in [-0.05, 0) is 31.5 Å². The molecule has 1 aliphatic heterocycles. The molecule has 1 aromatic carbocycles. The zero-order chi connectivity index (χ0) is 12.3. The minimum Gasteiger partial charge on any atom is -0.316 e. The molecular weight excluding hydrogens is 215 g/mol. The summed E-state index contributed by atoms with van der Waals surface area (Å²) in [5, 5.41) is 3.39. The van der Waals surface area contributed by atoms with Crippen LogP contribution in [0.25, 0.3) is 0 Å². The zero-order valence-corrected chi connectivity index (χ0v) is 10.7. The number of nitrogens with one attached hydrogen (secondary N) is 1. The molecule has 0 bridgehead atoms. The second kappa shape index (κ2) is 5.15. The monoisotopic (exact) mass is 236 g/mol. The Bertz CT molecular complexity index is 372. The number of benzene rings is 1. The van der Waals surface area contributed by atoms with E-state index in [1.165, 1.54) is 12.5 Å². The SMILES string of the molecule is CN(Cc1ccccc1F)CC1(C)CCNC1. The lowest BCUT2D eigenvalue weighted by molar-refractivity contribution is 0.201. The lowest BCUT2D eigenvalue weighted by atomic mass is 9.89. The minimum atomic E-state index is -0.103. The molecule has 2 nitrogen and oxygen atoms in total. The molecule has 0 radical (unpaired) electrons. The highest BCUT2D eigenvalue weighted by Crippen LogP contribution is 2.25. The molecule has 1 unspecified atom stereocenters. The van der Waals surface area contributed by atoms with Crippen LogP contribution in [0.2, 0.25) is 0 Å². The average molecular weight is 236 g/mol. The fraction of sp³-hybridized carbons (Fsp3) is 0.571. The summed E-state index contributed by atoms with van der Waals surface area (Å²) >= 11 is 0. The van der Waals surface area contributed by atoms with Crippen LogP contribution in [0.15, 0.2) is 24.3 Å². The third-order valence-corrected chi connectivity index (χ3v) is 3.51. The van der Waals surface area contributed by atoms with E-state index in [0.29, 0.717) is 12.0 Å². The van der Waals surface area contributed by atoms with Crippen molar-refractivity contribution in [2.45, 2.75) is 19.9 Å². The van der Waals surface area contributed by atoms with Gasteiger partial charge in [0.2, 0.25) is 0 Å². The van der Waals surface area contributed by atoms with Crippen molar-refractivity contribution in [2.24, 2.45) is 5.41 Å². The standard InChI is InChI=1S/C14H21FN2/c1-14(7-8-16-10-14)11-17(2)9-12-5-3-4-6-13(12)15/h3-6,16H,7-11H2,1-2H3. The third kappa shape index (κ3) is 3.27. The maximum Gasteiger partial charge on any atom is 0.127 e. The van der Waals surface area contributed by atoms with E-state index in [-0.39, 0.29) is 5.82 Å². The van der Waals surface area contributed by atoms with Gasteiger partial charge in [0, 0.05) is 25.2 Å². The van der Waals surface area contributed by atoms with Crippen molar-refractivity contribution in [1.29, 1.82) is 0 Å². The lowest BCUT2D eigenvalue weighted by Gasteiger charge is -2.29. The van der Waals surface area contributed by atoms with Crippen LogP contribution in [0.5, 0.6) is 0 Å². The highest BCUT2D eigenvalue weighted by atomic mass is 19.1. The maximum atomic E-state index is 13.5. The van der Waals surface area contributed by atoms with E-state index in [1.54, 1.807) is 6.07 Å². The summed E-state index contributed by atoms with van der Waals surface area (Å²) in [6.45, 7) is 6.15. The zero-order valence-electron chi connectivity index (χ0n) is 10.7. The Kier molecular flexibility index (Phi) is 3.79. The highest BCUT2D eigenvalue weighted by Gasteiger charge is 2.29. The van der Waals surface area contributed by atoms with Crippen LogP contribution < -0.4 is 5.32 Å². The first-order chi connectivity index (χ1) is 8.09. The van der Waals surface area contributed by atoms with Gasteiger partial charge >= 0.3 is 0 Å². The van der Waals surface area contributed by atoms with Gasteiger partial charge in [0.15, 0.2) is 0 Å². The van der Waals surface area contributed by atoms with Gasteiger partial charge in [-0.2, -0.15) is 0 Å². The Morgan fingerprint density at radius 1 is 1.41 bits per heavy atom. The molecule has 0 saturated carbocycles. The quantitative estimate of drug-likeness (QED) is 0.862. The van der Waals surface area contributed by atoms with E-state index < -0.39 is 0 Å². The fourth-order valence-corrected chi connectivity index (χ4v) is 2.63. The first-order valence-corrected chi connectivity index (χ1v) is 6.22. The van der Waals surface area contributed by atoms with Crippen LogP contribution in [-0.2, 0) is 6.54 Å². The number of halogens is 1. The van der Waals surface area contributed by atoms with Crippen molar-refractivity contribution in [3.63, 3.8) is 0 Å². The summed E-state index contributed by atoms with van der Waals surface area (Å²) in [6, 6.07) is 7.02. The molecule has 2 rings (SSSR count). The van der Waals surface area contributed by atoms with Crippen molar-refractivity contribution in [1.82, 2.24) is 10.2 Å². The predicted octanol–water partition coefficient (Wildman–Crippen LogP) is 2.26. The van der Waals surface area contributed by atoms with Gasteiger partial charge in [-0.15, -0.1) is 0 Å². The Balaban J connectivity index is 1.93. The van der Waals surface area contributed by atoms with Gasteiger partial charge in [-0.1, -0.05) is 25.1 Å². The van der Waals surface area contributed by atoms with E-state index in [2.05, 4.69) is 24.2 Å². The largest absolute Gasteiger partial charge is 0.316 e. The topological polar surface area (TPSA) is 15.3 Å². The summed E-state index contributed by atoms with van der Waals surface area (Å²) in [4.78, 5) is 2.21. The van der Waals surface area contributed by atoms with Gasteiger partial charge < -0.3 is 10.2 Å². The first kappa shape index (κ1) is 12.5. The molecule has 0 aliphatic carbocycles. The molecule has 1 atom stereocenters. The van der Waals surface area contributed by atoms with Crippen LogP contribution in [0, 0.1) is 11.2 Å². The first-order valence-electron chi connectivity index (χ1n) is 6.22. The fourth-order valence-electron chi connectivity index (χ4n) is 2.63. The number of nitrogens with zero attached hydrogens (tertiary/aromatic N) is 1. The third-order valence-electron chi connectivity index (χ3n) is 3.51. The minimum absolute atomic E-state index is 0.103. The van der Waals surface area contributed by atoms with E-state index in [0.717, 1.165) is 25.2 Å². The number of hydrogen-bond donors (Lipinski definition) is 1. The van der Waals surface area contributed by atoms with E-state index in [1.807, 2.05) is 12.1 Å². The molecule has 1 aromatic rings. The molecule has 1 fully saturated rings. The molecule has 3 heteroatoms. The summed E-state index contributed by atoms with van der Waals surface area (Å²) in [5.74, 6) is -0.103. The summed E-state index contributed by atoms with van der Waals surface area (Å²) in [6.07, 6.45) is 1.20. The van der Waals surface area contributed by atoms with Crippen LogP contribution in [0.3, 0.4) is 0 Å². The molecule has 94 valence electrons. The van der Waals surface area contributed by atoms with Crippen molar-refractivity contribution in [2.75, 3.05) is 26.7 Å². The molecule has 0 amide bonds. The van der Waals surface area contributed by atoms with Gasteiger partial charge in [0.25, 0.3) is 0 Å². The molecule has 17 heavy (non-hydrogen) atoms. The van der Waals surface area contributed by atoms with Crippen molar-refractivity contribution < 1.29 is 4.39 Å². The van der Waals surface area contributed by atoms with E-state index in [4.69, 9.17) is 0 Å². The maximum absolute atomic E-state index is 13.5. The number of hydrogen-bond acceptors (Lipinski definition) is 2. The Labute approximate surface area is 103 Å². The Morgan fingerprint density at radius 3 is 2.82 bits per heavy atom. The van der Waals surface area contributed by atoms with Gasteiger partial charge in [-0.25, -0.2) is 4.39 Å². The van der Waals surface area contributed by atoms with Crippen LogP contribution >= 0.6 is 0 Å². The second-order valence-corrected chi connectivity index (χ2v) is 5.50. The van der Waals surface area contributed by atoms with Crippen molar-refractivity contribution in [3.8, 4) is 0 Å². The van der Waals surface area contributed by atoms with E-state index >= 15 is 0 Å². The Morgan fingerprint density at radius 2 is 2.18 bits per heavy atom. The van der Waals surface area contributed by atoms with E-state index in [9.17, 15) is 4.39 Å². The summed E-state index contributed by atoms with van der Waals surface area (Å²) in [7, 11) is 2.07. The number of rotatable bonds is 4. The predicted molar refractivity (Wildman–Crippen MR) is 68.3 cm³/mol. The Hall–Kier alpha value is -0.930. The van der Waals surface area contributed by atoms with Gasteiger partial charge in [-0.3, -0.25) is 0 Å². The smallest absolute Gasteiger partial charge is 0.127 e. The molecule has 1 saturated heterocycles. The summed E-state index contributed by atoms with van der Waals surface area (Å²) < 4.78 is 13.5. The van der Waals surface area contributed by atoms with Gasteiger partial charge in [0.1, 0.15) is 5.82 Å². The average Bonchev–Trinajstić information content (AvgIpc) is 2.68. The molecule has 1 aliphatic rings. The summed E-state index contributed by atoms with van der Waals surface area (Å²) in [5.41, 5.74) is 1.12. The molecule has 1 heterocycles. The van der Waals surface area contributed by atoms with Crippen LogP contribution in [0.4, 0.5) is 4.39 Å². The molecule has 0 spiro atoms.